The number of β-amino-alcohol motifs (C(OH)–C–C–N with tert-alkyl or cyclic N) is 1. The molecule has 0 saturated carbocycles. The lowest BCUT2D eigenvalue weighted by Gasteiger charge is -2.30. The third-order valence-electron chi connectivity index (χ3n) is 3.19. The monoisotopic (exact) mass is 258 g/mol. The SMILES string of the molecule is O=C(CCN1CCSC1=O)N1CCCC(O)C1. The molecule has 1 unspecified atom stereocenters. The summed E-state index contributed by atoms with van der Waals surface area (Å²) in [7, 11) is 0. The third-order valence-corrected chi connectivity index (χ3v) is 4.08. The van der Waals surface area contributed by atoms with Gasteiger partial charge in [-0.05, 0) is 12.8 Å². The van der Waals surface area contributed by atoms with Gasteiger partial charge < -0.3 is 14.9 Å². The van der Waals surface area contributed by atoms with Gasteiger partial charge in [0.05, 0.1) is 6.10 Å². The molecule has 1 atom stereocenters. The van der Waals surface area contributed by atoms with Gasteiger partial charge in [-0.25, -0.2) is 0 Å². The molecule has 2 rings (SSSR count). The summed E-state index contributed by atoms with van der Waals surface area (Å²) in [5.74, 6) is 0.878. The van der Waals surface area contributed by atoms with Crippen LogP contribution in [0.2, 0.25) is 0 Å². The zero-order valence-electron chi connectivity index (χ0n) is 9.80. The van der Waals surface area contributed by atoms with Gasteiger partial charge >= 0.3 is 0 Å². The first kappa shape index (κ1) is 12.7. The van der Waals surface area contributed by atoms with Crippen molar-refractivity contribution in [2.75, 3.05) is 31.9 Å². The summed E-state index contributed by atoms with van der Waals surface area (Å²) < 4.78 is 0. The summed E-state index contributed by atoms with van der Waals surface area (Å²) in [6.07, 6.45) is 1.65. The van der Waals surface area contributed by atoms with Crippen molar-refractivity contribution in [1.29, 1.82) is 0 Å². The van der Waals surface area contributed by atoms with E-state index in [0.29, 0.717) is 19.5 Å². The molecular weight excluding hydrogens is 240 g/mol. The average Bonchev–Trinajstić information content (AvgIpc) is 2.72. The Labute approximate surface area is 105 Å². The molecular formula is C11H18N2O3S. The van der Waals surface area contributed by atoms with Crippen molar-refractivity contribution in [1.82, 2.24) is 9.80 Å². The highest BCUT2D eigenvalue weighted by molar-refractivity contribution is 8.13. The van der Waals surface area contributed by atoms with E-state index in [1.54, 1.807) is 9.80 Å². The predicted octanol–water partition coefficient (Wildman–Crippen LogP) is 0.529. The Hall–Kier alpha value is -0.750. The molecule has 2 aliphatic rings. The van der Waals surface area contributed by atoms with E-state index in [9.17, 15) is 14.7 Å². The Morgan fingerprint density at radius 2 is 2.29 bits per heavy atom. The number of aliphatic hydroxyl groups excluding tert-OH is 1. The molecule has 2 amide bonds. The molecule has 2 fully saturated rings. The van der Waals surface area contributed by atoms with Crippen LogP contribution in [0.15, 0.2) is 0 Å². The van der Waals surface area contributed by atoms with E-state index in [1.165, 1.54) is 11.8 Å². The molecule has 2 heterocycles. The quantitative estimate of drug-likeness (QED) is 0.802. The Kier molecular flexibility index (Phi) is 4.28. The van der Waals surface area contributed by atoms with Gasteiger partial charge in [0, 0.05) is 38.4 Å². The van der Waals surface area contributed by atoms with E-state index >= 15 is 0 Å². The number of carbonyl (C=O) groups is 2. The number of hydrogen-bond donors (Lipinski definition) is 1. The summed E-state index contributed by atoms with van der Waals surface area (Å²) in [5, 5.41) is 9.57. The molecule has 6 heteroatoms. The number of amides is 2. The van der Waals surface area contributed by atoms with Gasteiger partial charge in [-0.1, -0.05) is 11.8 Å². The molecule has 0 spiro atoms. The largest absolute Gasteiger partial charge is 0.391 e. The van der Waals surface area contributed by atoms with Crippen molar-refractivity contribution in [3.05, 3.63) is 0 Å². The summed E-state index contributed by atoms with van der Waals surface area (Å²) in [6, 6.07) is 0. The smallest absolute Gasteiger partial charge is 0.281 e. The highest BCUT2D eigenvalue weighted by atomic mass is 32.2. The molecule has 17 heavy (non-hydrogen) atoms. The average molecular weight is 258 g/mol. The number of nitrogens with zero attached hydrogens (tertiary/aromatic N) is 2. The Morgan fingerprint density at radius 3 is 2.94 bits per heavy atom. The molecule has 96 valence electrons. The summed E-state index contributed by atoms with van der Waals surface area (Å²) in [4.78, 5) is 26.7. The maximum atomic E-state index is 11.9. The number of piperidine rings is 1. The van der Waals surface area contributed by atoms with Crippen LogP contribution in [0, 0.1) is 0 Å². The minimum atomic E-state index is -0.378. The summed E-state index contributed by atoms with van der Waals surface area (Å²) >= 11 is 1.32. The molecule has 2 saturated heterocycles. The number of likely N-dealkylation sites (tertiary alicyclic amines) is 1. The fourth-order valence-corrected chi connectivity index (χ4v) is 3.05. The van der Waals surface area contributed by atoms with Crippen molar-refractivity contribution >= 4 is 22.9 Å². The van der Waals surface area contributed by atoms with Crippen molar-refractivity contribution < 1.29 is 14.7 Å². The van der Waals surface area contributed by atoms with Gasteiger partial charge in [0.15, 0.2) is 0 Å². The molecule has 0 radical (unpaired) electrons. The highest BCUT2D eigenvalue weighted by Gasteiger charge is 2.25. The van der Waals surface area contributed by atoms with Crippen LogP contribution < -0.4 is 0 Å². The van der Waals surface area contributed by atoms with Crippen LogP contribution >= 0.6 is 11.8 Å². The van der Waals surface area contributed by atoms with Crippen LogP contribution in [0.5, 0.6) is 0 Å². The minimum Gasteiger partial charge on any atom is -0.391 e. The van der Waals surface area contributed by atoms with Crippen molar-refractivity contribution in [2.45, 2.75) is 25.4 Å². The number of hydrogen-bond acceptors (Lipinski definition) is 4. The van der Waals surface area contributed by atoms with Gasteiger partial charge in [-0.3, -0.25) is 9.59 Å². The lowest BCUT2D eigenvalue weighted by atomic mass is 10.1. The van der Waals surface area contributed by atoms with E-state index in [2.05, 4.69) is 0 Å². The van der Waals surface area contributed by atoms with E-state index in [0.717, 1.165) is 31.7 Å². The van der Waals surface area contributed by atoms with Gasteiger partial charge in [0.1, 0.15) is 0 Å². The van der Waals surface area contributed by atoms with E-state index in [-0.39, 0.29) is 17.3 Å². The third kappa shape index (κ3) is 3.35. The lowest BCUT2D eigenvalue weighted by molar-refractivity contribution is -0.134. The number of rotatable bonds is 3. The van der Waals surface area contributed by atoms with Crippen LogP contribution in [0.3, 0.4) is 0 Å². The molecule has 5 nitrogen and oxygen atoms in total. The van der Waals surface area contributed by atoms with E-state index in [4.69, 9.17) is 0 Å². The highest BCUT2D eigenvalue weighted by Crippen LogP contribution is 2.18. The van der Waals surface area contributed by atoms with Crippen LogP contribution in [0.1, 0.15) is 19.3 Å². The first-order valence-electron chi connectivity index (χ1n) is 6.04. The summed E-state index contributed by atoms with van der Waals surface area (Å²) in [6.45, 7) is 2.44. The Bertz CT molecular complexity index is 311. The summed E-state index contributed by atoms with van der Waals surface area (Å²) in [5.41, 5.74) is 0. The van der Waals surface area contributed by atoms with Crippen molar-refractivity contribution in [3.8, 4) is 0 Å². The molecule has 2 aliphatic heterocycles. The zero-order valence-corrected chi connectivity index (χ0v) is 10.6. The second-order valence-corrected chi connectivity index (χ2v) is 5.53. The predicted molar refractivity (Wildman–Crippen MR) is 65.9 cm³/mol. The molecule has 0 bridgehead atoms. The molecule has 0 aromatic heterocycles. The van der Waals surface area contributed by atoms with Crippen molar-refractivity contribution in [3.63, 3.8) is 0 Å². The van der Waals surface area contributed by atoms with Crippen LogP contribution in [0.25, 0.3) is 0 Å². The molecule has 0 aliphatic carbocycles. The number of aliphatic hydroxyl groups is 1. The minimum absolute atomic E-state index is 0.0495. The van der Waals surface area contributed by atoms with Gasteiger partial charge in [0.2, 0.25) is 5.91 Å². The molecule has 1 N–H and O–H groups in total. The fraction of sp³-hybridized carbons (Fsp3) is 0.818. The van der Waals surface area contributed by atoms with Gasteiger partial charge in [0.25, 0.3) is 5.24 Å². The maximum Gasteiger partial charge on any atom is 0.281 e. The first-order valence-corrected chi connectivity index (χ1v) is 7.03. The van der Waals surface area contributed by atoms with Crippen LogP contribution in [-0.4, -0.2) is 64.1 Å². The van der Waals surface area contributed by atoms with Crippen LogP contribution in [0.4, 0.5) is 4.79 Å². The fourth-order valence-electron chi connectivity index (χ4n) is 2.20. The van der Waals surface area contributed by atoms with E-state index in [1.807, 2.05) is 0 Å². The lowest BCUT2D eigenvalue weighted by Crippen LogP contribution is -2.43. The number of carbonyl (C=O) groups excluding carboxylic acids is 2. The molecule has 0 aromatic carbocycles. The number of thioether (sulfide) groups is 1. The second-order valence-electron chi connectivity index (χ2n) is 4.49. The standard InChI is InChI=1S/C11H18N2O3S/c14-9-2-1-4-13(8-9)10(15)3-5-12-6-7-17-11(12)16/h9,14H,1-8H2. The van der Waals surface area contributed by atoms with Gasteiger partial charge in [-0.15, -0.1) is 0 Å². The van der Waals surface area contributed by atoms with E-state index < -0.39 is 0 Å². The second kappa shape index (κ2) is 5.73. The zero-order chi connectivity index (χ0) is 12.3. The molecule has 0 aromatic rings. The normalized spacial score (nSPS) is 25.5. The van der Waals surface area contributed by atoms with Gasteiger partial charge in [-0.2, -0.15) is 0 Å². The maximum absolute atomic E-state index is 11.9. The van der Waals surface area contributed by atoms with Crippen molar-refractivity contribution in [2.24, 2.45) is 0 Å². The van der Waals surface area contributed by atoms with Crippen LogP contribution in [-0.2, 0) is 4.79 Å². The first-order chi connectivity index (χ1) is 8.16. The topological polar surface area (TPSA) is 60.9 Å². The Balaban J connectivity index is 1.74. The Morgan fingerprint density at radius 1 is 1.47 bits per heavy atom.